The molecule has 11 nitrogen and oxygen atoms in total. The molecule has 0 bridgehead atoms. The SMILES string of the molecule is C[C@@H]1Cc2cc(C3CN4CCN(C(=O)C5CCc6nc(-n7cnnn7)ccc65)C[C@H]4CO3)ccc2C(=O)O1. The van der Waals surface area contributed by atoms with Gasteiger partial charge in [-0.25, -0.2) is 9.78 Å². The number of aromatic nitrogens is 5. The zero-order valence-electron chi connectivity index (χ0n) is 21.2. The number of nitrogens with zero attached hydrogens (tertiary/aromatic N) is 7. The first-order valence-corrected chi connectivity index (χ1v) is 13.2. The third kappa shape index (κ3) is 4.06. The Kier molecular flexibility index (Phi) is 5.70. The van der Waals surface area contributed by atoms with Crippen LogP contribution in [0.3, 0.4) is 0 Å². The Balaban J connectivity index is 1.01. The second-order valence-electron chi connectivity index (χ2n) is 10.6. The maximum atomic E-state index is 13.6. The molecule has 1 amide bonds. The first kappa shape index (κ1) is 23.4. The summed E-state index contributed by atoms with van der Waals surface area (Å²) in [6.07, 6.45) is 3.63. The number of hydrogen-bond donors (Lipinski definition) is 0. The lowest BCUT2D eigenvalue weighted by molar-refractivity contribution is -0.141. The summed E-state index contributed by atoms with van der Waals surface area (Å²) in [5.41, 5.74) is 4.75. The van der Waals surface area contributed by atoms with Crippen LogP contribution in [0, 0.1) is 0 Å². The average molecular weight is 516 g/mol. The number of esters is 1. The predicted molar refractivity (Wildman–Crippen MR) is 134 cm³/mol. The predicted octanol–water partition coefficient (Wildman–Crippen LogP) is 1.47. The molecular weight excluding hydrogens is 486 g/mol. The van der Waals surface area contributed by atoms with E-state index in [2.05, 4.69) is 26.5 Å². The van der Waals surface area contributed by atoms with Gasteiger partial charge in [0.1, 0.15) is 12.4 Å². The molecule has 0 saturated carbocycles. The molecule has 38 heavy (non-hydrogen) atoms. The fourth-order valence-electron chi connectivity index (χ4n) is 6.29. The Bertz CT molecular complexity index is 1390. The summed E-state index contributed by atoms with van der Waals surface area (Å²) in [7, 11) is 0. The summed E-state index contributed by atoms with van der Waals surface area (Å²) in [5, 5.41) is 11.3. The number of pyridine rings is 1. The highest BCUT2D eigenvalue weighted by atomic mass is 16.5. The van der Waals surface area contributed by atoms with Crippen molar-refractivity contribution in [1.29, 1.82) is 0 Å². The van der Waals surface area contributed by atoms with E-state index in [1.54, 1.807) is 0 Å². The Morgan fingerprint density at radius 3 is 2.92 bits per heavy atom. The molecule has 0 N–H and O–H groups in total. The number of morpholine rings is 1. The topological polar surface area (TPSA) is 116 Å². The summed E-state index contributed by atoms with van der Waals surface area (Å²) < 4.78 is 13.2. The van der Waals surface area contributed by atoms with E-state index in [-0.39, 0.29) is 36.0 Å². The smallest absolute Gasteiger partial charge is 0.338 e. The molecule has 11 heteroatoms. The van der Waals surface area contributed by atoms with Gasteiger partial charge in [0.25, 0.3) is 0 Å². The van der Waals surface area contributed by atoms with E-state index >= 15 is 0 Å². The number of fused-ring (bicyclic) bond motifs is 3. The van der Waals surface area contributed by atoms with E-state index in [0.717, 1.165) is 54.7 Å². The third-order valence-electron chi connectivity index (χ3n) is 8.26. The number of benzene rings is 1. The number of cyclic esters (lactones) is 1. The normalized spacial score (nSPS) is 26.9. The van der Waals surface area contributed by atoms with Gasteiger partial charge in [-0.2, -0.15) is 4.68 Å². The maximum absolute atomic E-state index is 13.6. The van der Waals surface area contributed by atoms with Crippen LogP contribution in [0.1, 0.15) is 58.1 Å². The van der Waals surface area contributed by atoms with E-state index in [1.165, 1.54) is 11.0 Å². The lowest BCUT2D eigenvalue weighted by Crippen LogP contribution is -2.60. The number of tetrazole rings is 1. The highest BCUT2D eigenvalue weighted by Crippen LogP contribution is 2.35. The Hall–Kier alpha value is -3.70. The lowest BCUT2D eigenvalue weighted by Gasteiger charge is -2.46. The number of hydrogen-bond acceptors (Lipinski definition) is 9. The molecule has 3 aliphatic heterocycles. The van der Waals surface area contributed by atoms with Crippen LogP contribution < -0.4 is 0 Å². The number of amides is 1. The molecule has 0 spiro atoms. The minimum atomic E-state index is -0.246. The monoisotopic (exact) mass is 515 g/mol. The van der Waals surface area contributed by atoms with E-state index in [1.807, 2.05) is 36.1 Å². The molecule has 196 valence electrons. The van der Waals surface area contributed by atoms with Crippen molar-refractivity contribution in [1.82, 2.24) is 35.0 Å². The number of carbonyl (C=O) groups is 2. The van der Waals surface area contributed by atoms with Gasteiger partial charge in [-0.1, -0.05) is 18.2 Å². The molecule has 2 saturated heterocycles. The summed E-state index contributed by atoms with van der Waals surface area (Å²) in [6.45, 7) is 5.47. The molecule has 7 rings (SSSR count). The van der Waals surface area contributed by atoms with Gasteiger partial charge >= 0.3 is 5.97 Å². The quantitative estimate of drug-likeness (QED) is 0.478. The molecule has 2 fully saturated rings. The number of rotatable bonds is 3. The molecule has 2 aromatic heterocycles. The van der Waals surface area contributed by atoms with Crippen LogP contribution in [0.25, 0.3) is 5.82 Å². The van der Waals surface area contributed by atoms with E-state index in [4.69, 9.17) is 14.5 Å². The minimum absolute atomic E-state index is 0.0470. The Morgan fingerprint density at radius 2 is 2.05 bits per heavy atom. The highest BCUT2D eigenvalue weighted by Gasteiger charge is 2.39. The zero-order chi connectivity index (χ0) is 25.8. The number of aryl methyl sites for hydroxylation is 1. The van der Waals surface area contributed by atoms with Crippen molar-refractivity contribution in [2.24, 2.45) is 0 Å². The van der Waals surface area contributed by atoms with Crippen LogP contribution in [0.2, 0.25) is 0 Å². The molecule has 4 aliphatic rings. The second kappa shape index (κ2) is 9.25. The fraction of sp³-hybridized carbons (Fsp3) is 0.481. The average Bonchev–Trinajstić information content (AvgIpc) is 3.62. The maximum Gasteiger partial charge on any atom is 0.338 e. The molecule has 0 radical (unpaired) electrons. The second-order valence-corrected chi connectivity index (χ2v) is 10.6. The van der Waals surface area contributed by atoms with Gasteiger partial charge in [0.15, 0.2) is 5.82 Å². The summed E-state index contributed by atoms with van der Waals surface area (Å²) >= 11 is 0. The van der Waals surface area contributed by atoms with Crippen molar-refractivity contribution in [3.8, 4) is 5.82 Å². The largest absolute Gasteiger partial charge is 0.459 e. The fourth-order valence-corrected chi connectivity index (χ4v) is 6.29. The first-order valence-electron chi connectivity index (χ1n) is 13.2. The van der Waals surface area contributed by atoms with E-state index < -0.39 is 0 Å². The lowest BCUT2D eigenvalue weighted by atomic mass is 9.94. The Labute approximate surface area is 219 Å². The van der Waals surface area contributed by atoms with Crippen molar-refractivity contribution < 1.29 is 19.1 Å². The van der Waals surface area contributed by atoms with Crippen LogP contribution >= 0.6 is 0 Å². The van der Waals surface area contributed by atoms with Gasteiger partial charge in [0.2, 0.25) is 5.91 Å². The first-order chi connectivity index (χ1) is 18.5. The number of piperazine rings is 1. The molecular formula is C27H29N7O4. The van der Waals surface area contributed by atoms with Crippen LogP contribution in [-0.4, -0.2) is 91.8 Å². The van der Waals surface area contributed by atoms with Crippen molar-refractivity contribution in [2.75, 3.05) is 32.8 Å². The number of carbonyl (C=O) groups excluding carboxylic acids is 2. The highest BCUT2D eigenvalue weighted by molar-refractivity contribution is 5.92. The van der Waals surface area contributed by atoms with Gasteiger partial charge < -0.3 is 14.4 Å². The van der Waals surface area contributed by atoms with Crippen molar-refractivity contribution in [3.63, 3.8) is 0 Å². The molecule has 2 unspecified atom stereocenters. The van der Waals surface area contributed by atoms with E-state index in [9.17, 15) is 9.59 Å². The molecule has 4 atom stereocenters. The summed E-state index contributed by atoms with van der Waals surface area (Å²) in [4.78, 5) is 34.9. The third-order valence-corrected chi connectivity index (χ3v) is 8.26. The van der Waals surface area contributed by atoms with Gasteiger partial charge in [-0.05, 0) is 59.0 Å². The summed E-state index contributed by atoms with van der Waals surface area (Å²) in [5.74, 6) is 0.439. The van der Waals surface area contributed by atoms with Crippen molar-refractivity contribution in [2.45, 2.75) is 50.4 Å². The molecule has 5 heterocycles. The number of ether oxygens (including phenoxy) is 2. The van der Waals surface area contributed by atoms with Crippen LogP contribution in [-0.2, 0) is 27.1 Å². The van der Waals surface area contributed by atoms with Crippen molar-refractivity contribution in [3.05, 3.63) is 64.6 Å². The molecule has 3 aromatic rings. The van der Waals surface area contributed by atoms with Gasteiger partial charge in [-0.3, -0.25) is 9.69 Å². The minimum Gasteiger partial charge on any atom is -0.459 e. The Morgan fingerprint density at radius 1 is 1.13 bits per heavy atom. The van der Waals surface area contributed by atoms with E-state index in [0.29, 0.717) is 31.1 Å². The van der Waals surface area contributed by atoms with Gasteiger partial charge in [-0.15, -0.1) is 5.10 Å². The van der Waals surface area contributed by atoms with Gasteiger partial charge in [0.05, 0.1) is 30.2 Å². The van der Waals surface area contributed by atoms with Crippen molar-refractivity contribution >= 4 is 11.9 Å². The van der Waals surface area contributed by atoms with Crippen LogP contribution in [0.15, 0.2) is 36.7 Å². The van der Waals surface area contributed by atoms with Crippen LogP contribution in [0.4, 0.5) is 0 Å². The zero-order valence-corrected chi connectivity index (χ0v) is 21.2. The molecule has 1 aromatic carbocycles. The van der Waals surface area contributed by atoms with Gasteiger partial charge in [0, 0.05) is 38.3 Å². The van der Waals surface area contributed by atoms with Crippen LogP contribution in [0.5, 0.6) is 0 Å². The molecule has 1 aliphatic carbocycles. The summed E-state index contributed by atoms with van der Waals surface area (Å²) in [6, 6.07) is 10.0. The standard InChI is InChI=1S/C27H29N7O4/c1-16-10-18-11-17(2-3-20(18)27(36)38-16)24-13-32-8-9-33(12-19(32)14-37-24)26(35)22-4-6-23-21(22)5-7-25(29-23)34-15-28-30-31-34/h2-3,5,7,11,15-16,19,22,24H,4,6,8-10,12-14H2,1H3/t16-,19+,22?,24?/m1/s1.